The number of phenolic OH excluding ortho intramolecular Hbond substituents is 1. The summed E-state index contributed by atoms with van der Waals surface area (Å²) in [7, 11) is 2.81. The summed E-state index contributed by atoms with van der Waals surface area (Å²) in [6.45, 7) is 1.99. The molecular formula is C16H22O6. The third kappa shape index (κ3) is 3.11. The van der Waals surface area contributed by atoms with Crippen molar-refractivity contribution in [3.63, 3.8) is 0 Å². The Balaban J connectivity index is 2.32. The Morgan fingerprint density at radius 3 is 2.73 bits per heavy atom. The van der Waals surface area contributed by atoms with E-state index in [1.165, 1.54) is 14.2 Å². The lowest BCUT2D eigenvalue weighted by atomic mass is 9.93. The van der Waals surface area contributed by atoms with Gasteiger partial charge in [-0.1, -0.05) is 13.3 Å². The summed E-state index contributed by atoms with van der Waals surface area (Å²) in [5.41, 5.74) is 0.915. The SMILES string of the molecule is CCCC(O)CC1Cc2cc(OC)c(O)c(OC)c2C(=O)O1. The second-order valence-corrected chi connectivity index (χ2v) is 5.40. The predicted molar refractivity (Wildman–Crippen MR) is 79.7 cm³/mol. The van der Waals surface area contributed by atoms with Crippen molar-refractivity contribution < 1.29 is 29.2 Å². The molecule has 0 spiro atoms. The molecule has 1 heterocycles. The summed E-state index contributed by atoms with van der Waals surface area (Å²) in [5, 5.41) is 19.9. The van der Waals surface area contributed by atoms with E-state index >= 15 is 0 Å². The number of methoxy groups -OCH3 is 2. The Morgan fingerprint density at radius 2 is 2.14 bits per heavy atom. The summed E-state index contributed by atoms with van der Waals surface area (Å²) in [4.78, 5) is 12.2. The maximum absolute atomic E-state index is 12.2. The molecule has 2 N–H and O–H groups in total. The first-order valence-electron chi connectivity index (χ1n) is 7.37. The van der Waals surface area contributed by atoms with E-state index in [0.29, 0.717) is 24.8 Å². The van der Waals surface area contributed by atoms with Crippen LogP contribution in [0.15, 0.2) is 6.07 Å². The number of carbonyl (C=O) groups excluding carboxylic acids is 1. The summed E-state index contributed by atoms with van der Waals surface area (Å²) in [6.07, 6.45) is 1.50. The molecule has 2 unspecified atom stereocenters. The number of rotatable bonds is 6. The quantitative estimate of drug-likeness (QED) is 0.782. The van der Waals surface area contributed by atoms with Gasteiger partial charge in [-0.2, -0.15) is 0 Å². The maximum atomic E-state index is 12.2. The molecule has 122 valence electrons. The van der Waals surface area contributed by atoms with Crippen molar-refractivity contribution >= 4 is 5.97 Å². The average Bonchev–Trinajstić information content (AvgIpc) is 2.47. The van der Waals surface area contributed by atoms with Crippen molar-refractivity contribution in [2.45, 2.75) is 44.8 Å². The van der Waals surface area contributed by atoms with Crippen LogP contribution in [0.25, 0.3) is 0 Å². The highest BCUT2D eigenvalue weighted by molar-refractivity contribution is 5.97. The molecule has 0 fully saturated rings. The van der Waals surface area contributed by atoms with Crippen LogP contribution in [0.2, 0.25) is 0 Å². The van der Waals surface area contributed by atoms with E-state index in [9.17, 15) is 15.0 Å². The Kier molecular flexibility index (Phi) is 5.13. The molecule has 6 heteroatoms. The highest BCUT2D eigenvalue weighted by Crippen LogP contribution is 2.43. The fourth-order valence-electron chi connectivity index (χ4n) is 2.80. The number of esters is 1. The number of fused-ring (bicyclic) bond motifs is 1. The Labute approximate surface area is 129 Å². The molecule has 2 atom stereocenters. The molecule has 0 amide bonds. The zero-order valence-electron chi connectivity index (χ0n) is 13.1. The zero-order chi connectivity index (χ0) is 16.3. The fourth-order valence-corrected chi connectivity index (χ4v) is 2.80. The second kappa shape index (κ2) is 6.87. The van der Waals surface area contributed by atoms with Gasteiger partial charge in [0.2, 0.25) is 5.75 Å². The summed E-state index contributed by atoms with van der Waals surface area (Å²) >= 11 is 0. The van der Waals surface area contributed by atoms with E-state index in [2.05, 4.69) is 0 Å². The lowest BCUT2D eigenvalue weighted by molar-refractivity contribution is 0.00867. The number of benzene rings is 1. The zero-order valence-corrected chi connectivity index (χ0v) is 13.1. The molecule has 0 saturated carbocycles. The van der Waals surface area contributed by atoms with Crippen LogP contribution in [0.4, 0.5) is 0 Å². The number of carbonyl (C=O) groups is 1. The Morgan fingerprint density at radius 1 is 1.41 bits per heavy atom. The van der Waals surface area contributed by atoms with Gasteiger partial charge >= 0.3 is 5.97 Å². The standard InChI is InChI=1S/C16H22O6/c1-4-5-10(17)8-11-6-9-7-12(20-2)14(18)15(21-3)13(9)16(19)22-11/h7,10-11,17-18H,4-6,8H2,1-3H3. The first-order chi connectivity index (χ1) is 10.5. The van der Waals surface area contributed by atoms with Crippen molar-refractivity contribution in [1.82, 2.24) is 0 Å². The second-order valence-electron chi connectivity index (χ2n) is 5.40. The van der Waals surface area contributed by atoms with Gasteiger partial charge in [-0.05, 0) is 18.1 Å². The molecule has 22 heavy (non-hydrogen) atoms. The summed E-state index contributed by atoms with van der Waals surface area (Å²) < 4.78 is 15.6. The molecule has 0 aromatic heterocycles. The first-order valence-corrected chi connectivity index (χ1v) is 7.37. The largest absolute Gasteiger partial charge is 0.502 e. The minimum atomic E-state index is -0.551. The number of hydrogen-bond acceptors (Lipinski definition) is 6. The monoisotopic (exact) mass is 310 g/mol. The maximum Gasteiger partial charge on any atom is 0.342 e. The van der Waals surface area contributed by atoms with Gasteiger partial charge in [0.05, 0.1) is 20.3 Å². The van der Waals surface area contributed by atoms with Crippen LogP contribution in [-0.4, -0.2) is 42.6 Å². The van der Waals surface area contributed by atoms with Crippen molar-refractivity contribution in [3.05, 3.63) is 17.2 Å². The molecule has 1 aliphatic heterocycles. The number of hydrogen-bond donors (Lipinski definition) is 2. The van der Waals surface area contributed by atoms with Crippen LogP contribution in [0, 0.1) is 0 Å². The summed E-state index contributed by atoms with van der Waals surface area (Å²) in [5.74, 6) is -0.458. The highest BCUT2D eigenvalue weighted by atomic mass is 16.5. The molecule has 2 rings (SSSR count). The van der Waals surface area contributed by atoms with Crippen molar-refractivity contribution in [2.75, 3.05) is 14.2 Å². The smallest absolute Gasteiger partial charge is 0.342 e. The van der Waals surface area contributed by atoms with E-state index in [-0.39, 0.29) is 28.9 Å². The van der Waals surface area contributed by atoms with E-state index in [1.807, 2.05) is 6.92 Å². The van der Waals surface area contributed by atoms with Crippen molar-refractivity contribution in [2.24, 2.45) is 0 Å². The average molecular weight is 310 g/mol. The normalized spacial score (nSPS) is 18.4. The molecule has 0 bridgehead atoms. The summed E-state index contributed by atoms with van der Waals surface area (Å²) in [6, 6.07) is 1.62. The lowest BCUT2D eigenvalue weighted by Crippen LogP contribution is -2.31. The van der Waals surface area contributed by atoms with E-state index in [0.717, 1.165) is 6.42 Å². The van der Waals surface area contributed by atoms with Gasteiger partial charge in [0.15, 0.2) is 11.5 Å². The van der Waals surface area contributed by atoms with Gasteiger partial charge in [-0.15, -0.1) is 0 Å². The van der Waals surface area contributed by atoms with Gasteiger partial charge in [0.25, 0.3) is 0 Å². The van der Waals surface area contributed by atoms with Crippen molar-refractivity contribution in [3.8, 4) is 17.2 Å². The van der Waals surface area contributed by atoms with Crippen LogP contribution in [0.1, 0.15) is 42.1 Å². The number of aromatic hydroxyl groups is 1. The van der Waals surface area contributed by atoms with Crippen LogP contribution >= 0.6 is 0 Å². The molecular weight excluding hydrogens is 288 g/mol. The molecule has 0 saturated heterocycles. The third-order valence-corrected chi connectivity index (χ3v) is 3.81. The van der Waals surface area contributed by atoms with Gasteiger partial charge in [-0.25, -0.2) is 4.79 Å². The minimum absolute atomic E-state index is 0.0620. The van der Waals surface area contributed by atoms with E-state index < -0.39 is 12.1 Å². The van der Waals surface area contributed by atoms with Gasteiger partial charge < -0.3 is 24.4 Å². The van der Waals surface area contributed by atoms with E-state index in [1.54, 1.807) is 6.07 Å². The number of aliphatic hydroxyl groups excluding tert-OH is 1. The van der Waals surface area contributed by atoms with Gasteiger partial charge in [0.1, 0.15) is 11.7 Å². The number of phenols is 1. The van der Waals surface area contributed by atoms with Crippen LogP contribution in [0.3, 0.4) is 0 Å². The lowest BCUT2D eigenvalue weighted by Gasteiger charge is -2.28. The Hall–Kier alpha value is -1.95. The van der Waals surface area contributed by atoms with Crippen molar-refractivity contribution in [1.29, 1.82) is 0 Å². The topological polar surface area (TPSA) is 85.2 Å². The van der Waals surface area contributed by atoms with Crippen LogP contribution < -0.4 is 9.47 Å². The highest BCUT2D eigenvalue weighted by Gasteiger charge is 2.33. The molecule has 0 aliphatic carbocycles. The Bertz CT molecular complexity index is 554. The molecule has 0 radical (unpaired) electrons. The minimum Gasteiger partial charge on any atom is -0.502 e. The molecule has 1 aromatic rings. The third-order valence-electron chi connectivity index (χ3n) is 3.81. The molecule has 1 aromatic carbocycles. The van der Waals surface area contributed by atoms with E-state index in [4.69, 9.17) is 14.2 Å². The number of cyclic esters (lactones) is 1. The first kappa shape index (κ1) is 16.4. The number of ether oxygens (including phenoxy) is 3. The van der Waals surface area contributed by atoms with Gasteiger partial charge in [0, 0.05) is 12.8 Å². The molecule has 6 nitrogen and oxygen atoms in total. The van der Waals surface area contributed by atoms with Crippen LogP contribution in [0.5, 0.6) is 17.2 Å². The molecule has 1 aliphatic rings. The fraction of sp³-hybridized carbons (Fsp3) is 0.562. The van der Waals surface area contributed by atoms with Crippen LogP contribution in [-0.2, 0) is 11.2 Å². The van der Waals surface area contributed by atoms with Gasteiger partial charge in [-0.3, -0.25) is 0 Å². The number of aliphatic hydroxyl groups is 1. The predicted octanol–water partition coefficient (Wildman–Crippen LogP) is 2.04.